The lowest BCUT2D eigenvalue weighted by molar-refractivity contribution is -0.136. The smallest absolute Gasteiger partial charge is 0.227 e. The number of aliphatic hydroxyl groups is 1. The number of hydrogen-bond donors (Lipinski definition) is 1. The van der Waals surface area contributed by atoms with Gasteiger partial charge in [0.05, 0.1) is 22.6 Å². The Hall–Kier alpha value is -0.770. The number of hydrogen-bond acceptors (Lipinski definition) is 2. The fraction of sp³-hybridized carbons (Fsp3) is 0.533. The second-order valence-electron chi connectivity index (χ2n) is 5.74. The van der Waals surface area contributed by atoms with Gasteiger partial charge in [-0.15, -0.1) is 0 Å². The van der Waals surface area contributed by atoms with Crippen LogP contribution in [-0.2, 0) is 11.2 Å². The molecule has 0 saturated carbocycles. The van der Waals surface area contributed by atoms with Gasteiger partial charge in [0.15, 0.2) is 0 Å². The first kappa shape index (κ1) is 14.2. The summed E-state index contributed by atoms with van der Waals surface area (Å²) < 4.78 is 0. The SMILES string of the molecule is O=C(Cc1ccc(Cl)c(Cl)c1)N1C2CCC1CC(O)C2. The number of amides is 1. The zero-order valence-corrected chi connectivity index (χ0v) is 12.6. The van der Waals surface area contributed by atoms with Crippen LogP contribution >= 0.6 is 23.2 Å². The summed E-state index contributed by atoms with van der Waals surface area (Å²) in [5.74, 6) is 0.128. The molecule has 0 radical (unpaired) electrons. The third-order valence-electron chi connectivity index (χ3n) is 4.34. The summed E-state index contributed by atoms with van der Waals surface area (Å²) >= 11 is 11.9. The van der Waals surface area contributed by atoms with Crippen molar-refractivity contribution in [2.24, 2.45) is 0 Å². The van der Waals surface area contributed by atoms with Crippen LogP contribution in [0, 0.1) is 0 Å². The predicted molar refractivity (Wildman–Crippen MR) is 79.1 cm³/mol. The second-order valence-corrected chi connectivity index (χ2v) is 6.55. The summed E-state index contributed by atoms with van der Waals surface area (Å²) in [4.78, 5) is 14.5. The summed E-state index contributed by atoms with van der Waals surface area (Å²) in [7, 11) is 0. The molecule has 2 bridgehead atoms. The number of piperidine rings is 1. The Bertz CT molecular complexity index is 521. The third-order valence-corrected chi connectivity index (χ3v) is 5.07. The summed E-state index contributed by atoms with van der Waals surface area (Å²) in [6.07, 6.45) is 3.54. The van der Waals surface area contributed by atoms with Crippen LogP contribution in [0.15, 0.2) is 18.2 Å². The van der Waals surface area contributed by atoms with Gasteiger partial charge in [0.25, 0.3) is 0 Å². The predicted octanol–water partition coefficient (Wildman–Crippen LogP) is 3.05. The maximum Gasteiger partial charge on any atom is 0.227 e. The van der Waals surface area contributed by atoms with Crippen LogP contribution < -0.4 is 0 Å². The van der Waals surface area contributed by atoms with Crippen molar-refractivity contribution in [3.63, 3.8) is 0 Å². The van der Waals surface area contributed by atoms with E-state index in [2.05, 4.69) is 0 Å². The summed E-state index contributed by atoms with van der Waals surface area (Å²) in [5, 5.41) is 10.8. The molecule has 2 aliphatic rings. The topological polar surface area (TPSA) is 40.5 Å². The lowest BCUT2D eigenvalue weighted by atomic mass is 9.99. The number of halogens is 2. The Kier molecular flexibility index (Phi) is 3.93. The van der Waals surface area contributed by atoms with Gasteiger partial charge in [-0.1, -0.05) is 29.3 Å². The van der Waals surface area contributed by atoms with Gasteiger partial charge < -0.3 is 10.0 Å². The Labute approximate surface area is 128 Å². The fourth-order valence-corrected chi connectivity index (χ4v) is 3.79. The minimum absolute atomic E-state index is 0.128. The van der Waals surface area contributed by atoms with Gasteiger partial charge in [0.1, 0.15) is 0 Å². The molecule has 2 heterocycles. The first-order chi connectivity index (χ1) is 9.54. The van der Waals surface area contributed by atoms with Crippen LogP contribution in [0.1, 0.15) is 31.2 Å². The van der Waals surface area contributed by atoms with Crippen LogP contribution in [0.5, 0.6) is 0 Å². The summed E-state index contributed by atoms with van der Waals surface area (Å²) in [5.41, 5.74) is 0.884. The molecule has 5 heteroatoms. The molecule has 108 valence electrons. The molecule has 1 N–H and O–H groups in total. The minimum atomic E-state index is -0.249. The Balaban J connectivity index is 1.72. The maximum absolute atomic E-state index is 12.5. The van der Waals surface area contributed by atoms with Gasteiger partial charge >= 0.3 is 0 Å². The van der Waals surface area contributed by atoms with Gasteiger partial charge in [-0.25, -0.2) is 0 Å². The minimum Gasteiger partial charge on any atom is -0.393 e. The van der Waals surface area contributed by atoms with Crippen molar-refractivity contribution in [3.05, 3.63) is 33.8 Å². The van der Waals surface area contributed by atoms with E-state index in [0.717, 1.165) is 18.4 Å². The van der Waals surface area contributed by atoms with Gasteiger partial charge in [0.2, 0.25) is 5.91 Å². The summed E-state index contributed by atoms with van der Waals surface area (Å²) in [6.45, 7) is 0. The zero-order chi connectivity index (χ0) is 14.3. The molecule has 1 amide bonds. The second kappa shape index (κ2) is 5.55. The molecule has 3 nitrogen and oxygen atoms in total. The Morgan fingerprint density at radius 1 is 1.20 bits per heavy atom. The van der Waals surface area contributed by atoms with E-state index in [-0.39, 0.29) is 24.1 Å². The highest BCUT2D eigenvalue weighted by molar-refractivity contribution is 6.42. The van der Waals surface area contributed by atoms with Gasteiger partial charge in [0, 0.05) is 12.1 Å². The normalized spacial score (nSPS) is 28.8. The molecule has 1 aromatic rings. The first-order valence-corrected chi connectivity index (χ1v) is 7.73. The van der Waals surface area contributed by atoms with Crippen molar-refractivity contribution in [2.75, 3.05) is 0 Å². The van der Waals surface area contributed by atoms with E-state index in [1.165, 1.54) is 0 Å². The van der Waals surface area contributed by atoms with Gasteiger partial charge in [-0.2, -0.15) is 0 Å². The van der Waals surface area contributed by atoms with E-state index in [4.69, 9.17) is 23.2 Å². The number of benzene rings is 1. The van der Waals surface area contributed by atoms with E-state index in [1.54, 1.807) is 12.1 Å². The highest BCUT2D eigenvalue weighted by Crippen LogP contribution is 2.36. The van der Waals surface area contributed by atoms with E-state index in [0.29, 0.717) is 29.3 Å². The largest absolute Gasteiger partial charge is 0.393 e. The molecule has 20 heavy (non-hydrogen) atoms. The van der Waals surface area contributed by atoms with Crippen molar-refractivity contribution in [1.82, 2.24) is 4.90 Å². The number of rotatable bonds is 2. The van der Waals surface area contributed by atoms with Crippen LogP contribution in [0.4, 0.5) is 0 Å². The number of aliphatic hydroxyl groups excluding tert-OH is 1. The van der Waals surface area contributed by atoms with Crippen LogP contribution in [0.25, 0.3) is 0 Å². The number of carbonyl (C=O) groups is 1. The molecule has 2 fully saturated rings. The standard InChI is InChI=1S/C15H17Cl2NO2/c16-13-4-1-9(5-14(13)17)6-15(20)18-10-2-3-11(18)8-12(19)7-10/h1,4-5,10-12,19H,2-3,6-8H2. The Morgan fingerprint density at radius 3 is 2.45 bits per heavy atom. The molecular weight excluding hydrogens is 297 g/mol. The molecule has 0 aromatic heterocycles. The number of nitrogens with zero attached hydrogens (tertiary/aromatic N) is 1. The molecule has 3 rings (SSSR count). The monoisotopic (exact) mass is 313 g/mol. The Morgan fingerprint density at radius 2 is 1.85 bits per heavy atom. The van der Waals surface area contributed by atoms with Crippen LogP contribution in [0.3, 0.4) is 0 Å². The van der Waals surface area contributed by atoms with Crippen molar-refractivity contribution < 1.29 is 9.90 Å². The highest BCUT2D eigenvalue weighted by Gasteiger charge is 2.42. The van der Waals surface area contributed by atoms with Crippen molar-refractivity contribution in [3.8, 4) is 0 Å². The summed E-state index contributed by atoms with van der Waals surface area (Å²) in [6, 6.07) is 5.73. The molecule has 0 aliphatic carbocycles. The van der Waals surface area contributed by atoms with E-state index in [1.807, 2.05) is 11.0 Å². The van der Waals surface area contributed by atoms with E-state index >= 15 is 0 Å². The average Bonchev–Trinajstić information content (AvgIpc) is 2.66. The van der Waals surface area contributed by atoms with Gasteiger partial charge in [-0.3, -0.25) is 4.79 Å². The fourth-order valence-electron chi connectivity index (χ4n) is 3.47. The average molecular weight is 314 g/mol. The first-order valence-electron chi connectivity index (χ1n) is 6.97. The maximum atomic E-state index is 12.5. The quantitative estimate of drug-likeness (QED) is 0.911. The van der Waals surface area contributed by atoms with Crippen molar-refractivity contribution in [1.29, 1.82) is 0 Å². The molecule has 2 atom stereocenters. The molecule has 2 unspecified atom stereocenters. The van der Waals surface area contributed by atoms with E-state index < -0.39 is 0 Å². The van der Waals surface area contributed by atoms with E-state index in [9.17, 15) is 9.90 Å². The number of fused-ring (bicyclic) bond motifs is 2. The molecule has 2 aliphatic heterocycles. The lowest BCUT2D eigenvalue weighted by Crippen LogP contribution is -2.48. The molecule has 0 spiro atoms. The van der Waals surface area contributed by atoms with Crippen molar-refractivity contribution >= 4 is 29.1 Å². The molecule has 2 saturated heterocycles. The lowest BCUT2D eigenvalue weighted by Gasteiger charge is -2.37. The molecular formula is C15H17Cl2NO2. The van der Waals surface area contributed by atoms with Crippen LogP contribution in [0.2, 0.25) is 10.0 Å². The number of carbonyl (C=O) groups excluding carboxylic acids is 1. The van der Waals surface area contributed by atoms with Gasteiger partial charge in [-0.05, 0) is 43.4 Å². The zero-order valence-electron chi connectivity index (χ0n) is 11.1. The van der Waals surface area contributed by atoms with Crippen molar-refractivity contribution in [2.45, 2.75) is 50.3 Å². The highest BCUT2D eigenvalue weighted by atomic mass is 35.5. The third kappa shape index (κ3) is 2.67. The molecule has 1 aromatic carbocycles. The van der Waals surface area contributed by atoms with Crippen LogP contribution in [-0.4, -0.2) is 34.1 Å².